The number of benzene rings is 1. The molecule has 7 heteroatoms. The Morgan fingerprint density at radius 1 is 1.26 bits per heavy atom. The molecule has 0 fully saturated rings. The van der Waals surface area contributed by atoms with Gasteiger partial charge in [0.1, 0.15) is 0 Å². The second-order valence-electron chi connectivity index (χ2n) is 5.26. The van der Waals surface area contributed by atoms with Gasteiger partial charge in [-0.3, -0.25) is 9.78 Å². The molecule has 1 amide bonds. The van der Waals surface area contributed by atoms with E-state index < -0.39 is 10.0 Å². The van der Waals surface area contributed by atoms with Crippen LogP contribution in [0, 0.1) is 0 Å². The molecular formula is C16H19N3O3S. The monoisotopic (exact) mass is 333 g/mol. The van der Waals surface area contributed by atoms with Crippen molar-refractivity contribution in [3.05, 3.63) is 59.9 Å². The molecule has 122 valence electrons. The predicted octanol–water partition coefficient (Wildman–Crippen LogP) is 1.54. The summed E-state index contributed by atoms with van der Waals surface area (Å²) in [6.07, 6.45) is 4.25. The third-order valence-electron chi connectivity index (χ3n) is 3.45. The first-order chi connectivity index (χ1) is 10.9. The van der Waals surface area contributed by atoms with Crippen LogP contribution in [0.2, 0.25) is 0 Å². The fourth-order valence-electron chi connectivity index (χ4n) is 2.13. The topological polar surface area (TPSA) is 102 Å². The lowest BCUT2D eigenvalue weighted by atomic mass is 10.1. The van der Waals surface area contributed by atoms with Crippen LogP contribution in [0.25, 0.3) is 0 Å². The number of carbonyl (C=O) groups excluding carboxylic acids is 1. The summed E-state index contributed by atoms with van der Waals surface area (Å²) in [5.41, 5.74) is 1.82. The quantitative estimate of drug-likeness (QED) is 0.837. The number of pyridine rings is 1. The summed E-state index contributed by atoms with van der Waals surface area (Å²) in [5.74, 6) is -0.0723. The maximum absolute atomic E-state index is 12.0. The largest absolute Gasteiger partial charge is 0.350 e. The fraction of sp³-hybridized carbons (Fsp3) is 0.250. The summed E-state index contributed by atoms with van der Waals surface area (Å²) in [6, 6.07) is 9.84. The maximum atomic E-state index is 12.0. The number of primary sulfonamides is 1. The van der Waals surface area contributed by atoms with Crippen molar-refractivity contribution < 1.29 is 13.2 Å². The van der Waals surface area contributed by atoms with Gasteiger partial charge in [0.2, 0.25) is 15.9 Å². The summed E-state index contributed by atoms with van der Waals surface area (Å²) in [6.45, 7) is 1.90. The van der Waals surface area contributed by atoms with Crippen molar-refractivity contribution in [3.63, 3.8) is 0 Å². The molecule has 0 saturated carbocycles. The van der Waals surface area contributed by atoms with Gasteiger partial charge in [-0.05, 0) is 42.7 Å². The van der Waals surface area contributed by atoms with Gasteiger partial charge in [0.05, 0.1) is 10.9 Å². The molecule has 2 aromatic rings. The standard InChI is InChI=1S/C16H19N3O3S/c1-12(14-3-2-10-18-11-14)19-16(20)9-6-13-4-7-15(8-5-13)23(17,21)22/h2-5,7-8,10-12H,6,9H2,1H3,(H,19,20)(H2,17,21,22)/t12-/m1/s1. The van der Waals surface area contributed by atoms with Crippen LogP contribution in [0.4, 0.5) is 0 Å². The van der Waals surface area contributed by atoms with Crippen molar-refractivity contribution in [2.75, 3.05) is 0 Å². The van der Waals surface area contributed by atoms with Crippen molar-refractivity contribution in [3.8, 4) is 0 Å². The Hall–Kier alpha value is -2.25. The molecule has 1 aromatic carbocycles. The molecule has 0 unspecified atom stereocenters. The van der Waals surface area contributed by atoms with E-state index in [2.05, 4.69) is 10.3 Å². The first kappa shape index (κ1) is 17.1. The molecule has 3 N–H and O–H groups in total. The zero-order valence-corrected chi connectivity index (χ0v) is 13.6. The highest BCUT2D eigenvalue weighted by Crippen LogP contribution is 2.12. The second-order valence-corrected chi connectivity index (χ2v) is 6.83. The van der Waals surface area contributed by atoms with Gasteiger partial charge in [0.15, 0.2) is 0 Å². The van der Waals surface area contributed by atoms with E-state index in [1.807, 2.05) is 19.1 Å². The van der Waals surface area contributed by atoms with Gasteiger partial charge in [0, 0.05) is 18.8 Å². The molecule has 0 aliphatic carbocycles. The molecule has 1 atom stereocenters. The molecule has 2 rings (SSSR count). The highest BCUT2D eigenvalue weighted by Gasteiger charge is 2.10. The summed E-state index contributed by atoms with van der Waals surface area (Å²) >= 11 is 0. The Morgan fingerprint density at radius 3 is 2.52 bits per heavy atom. The Kier molecular flexibility index (Phi) is 5.46. The van der Waals surface area contributed by atoms with Crippen LogP contribution >= 0.6 is 0 Å². The Morgan fingerprint density at radius 2 is 1.96 bits per heavy atom. The minimum Gasteiger partial charge on any atom is -0.350 e. The van der Waals surface area contributed by atoms with Crippen molar-refractivity contribution in [1.82, 2.24) is 10.3 Å². The normalized spacial score (nSPS) is 12.6. The first-order valence-electron chi connectivity index (χ1n) is 7.17. The van der Waals surface area contributed by atoms with Crippen molar-refractivity contribution in [1.29, 1.82) is 0 Å². The molecular weight excluding hydrogens is 314 g/mol. The number of carbonyl (C=O) groups is 1. The van der Waals surface area contributed by atoms with E-state index in [9.17, 15) is 13.2 Å². The maximum Gasteiger partial charge on any atom is 0.238 e. The minimum atomic E-state index is -3.68. The molecule has 0 aliphatic heterocycles. The van der Waals surface area contributed by atoms with Crippen LogP contribution in [-0.4, -0.2) is 19.3 Å². The van der Waals surface area contributed by atoms with Gasteiger partial charge in [-0.1, -0.05) is 18.2 Å². The Balaban J connectivity index is 1.87. The molecule has 0 aliphatic rings. The predicted molar refractivity (Wildman–Crippen MR) is 86.9 cm³/mol. The van der Waals surface area contributed by atoms with Gasteiger partial charge in [-0.15, -0.1) is 0 Å². The summed E-state index contributed by atoms with van der Waals surface area (Å²) < 4.78 is 22.3. The highest BCUT2D eigenvalue weighted by molar-refractivity contribution is 7.89. The van der Waals surface area contributed by atoms with E-state index in [1.54, 1.807) is 24.5 Å². The smallest absolute Gasteiger partial charge is 0.238 e. The number of aromatic nitrogens is 1. The Bertz CT molecular complexity index is 759. The average Bonchev–Trinajstić information content (AvgIpc) is 2.53. The summed E-state index contributed by atoms with van der Waals surface area (Å²) in [7, 11) is -3.68. The van der Waals surface area contributed by atoms with Gasteiger partial charge in [-0.2, -0.15) is 0 Å². The lowest BCUT2D eigenvalue weighted by molar-refractivity contribution is -0.121. The zero-order chi connectivity index (χ0) is 16.9. The number of amides is 1. The van der Waals surface area contributed by atoms with Crippen molar-refractivity contribution in [2.24, 2.45) is 5.14 Å². The fourth-order valence-corrected chi connectivity index (χ4v) is 2.65. The van der Waals surface area contributed by atoms with Gasteiger partial charge >= 0.3 is 0 Å². The third-order valence-corrected chi connectivity index (χ3v) is 4.38. The van der Waals surface area contributed by atoms with E-state index in [0.29, 0.717) is 12.8 Å². The SMILES string of the molecule is C[C@@H](NC(=O)CCc1ccc(S(N)(=O)=O)cc1)c1cccnc1. The van der Waals surface area contributed by atoms with Crippen LogP contribution in [0.3, 0.4) is 0 Å². The van der Waals surface area contributed by atoms with Crippen LogP contribution in [0.15, 0.2) is 53.7 Å². The van der Waals surface area contributed by atoms with Crippen molar-refractivity contribution >= 4 is 15.9 Å². The third kappa shape index (κ3) is 5.15. The number of nitrogens with zero attached hydrogens (tertiary/aromatic N) is 1. The lowest BCUT2D eigenvalue weighted by Crippen LogP contribution is -2.26. The Labute approximate surface area is 135 Å². The molecule has 0 saturated heterocycles. The van der Waals surface area contributed by atoms with Gasteiger partial charge in [-0.25, -0.2) is 13.6 Å². The number of nitrogens with two attached hydrogens (primary N) is 1. The number of aryl methyl sites for hydroxylation is 1. The van der Waals surface area contributed by atoms with E-state index in [-0.39, 0.29) is 16.8 Å². The van der Waals surface area contributed by atoms with Crippen molar-refractivity contribution in [2.45, 2.75) is 30.7 Å². The van der Waals surface area contributed by atoms with Gasteiger partial charge in [0.25, 0.3) is 0 Å². The highest BCUT2D eigenvalue weighted by atomic mass is 32.2. The molecule has 23 heavy (non-hydrogen) atoms. The lowest BCUT2D eigenvalue weighted by Gasteiger charge is -2.13. The number of sulfonamides is 1. The summed E-state index contributed by atoms with van der Waals surface area (Å²) in [5, 5.41) is 7.95. The zero-order valence-electron chi connectivity index (χ0n) is 12.8. The van der Waals surface area contributed by atoms with E-state index >= 15 is 0 Å². The second kappa shape index (κ2) is 7.34. The molecule has 6 nitrogen and oxygen atoms in total. The number of nitrogens with one attached hydrogen (secondary N) is 1. The molecule has 0 spiro atoms. The minimum absolute atomic E-state index is 0.0656. The van der Waals surface area contributed by atoms with E-state index in [1.165, 1.54) is 12.1 Å². The number of hydrogen-bond donors (Lipinski definition) is 2. The number of hydrogen-bond acceptors (Lipinski definition) is 4. The first-order valence-corrected chi connectivity index (χ1v) is 8.72. The molecule has 1 aromatic heterocycles. The number of rotatable bonds is 6. The average molecular weight is 333 g/mol. The van der Waals surface area contributed by atoms with Gasteiger partial charge < -0.3 is 5.32 Å². The molecule has 1 heterocycles. The summed E-state index contributed by atoms with van der Waals surface area (Å²) in [4.78, 5) is 16.1. The van der Waals surface area contributed by atoms with Crippen LogP contribution in [0.1, 0.15) is 30.5 Å². The molecule has 0 radical (unpaired) electrons. The van der Waals surface area contributed by atoms with Crippen LogP contribution in [0.5, 0.6) is 0 Å². The van der Waals surface area contributed by atoms with Crippen LogP contribution < -0.4 is 10.5 Å². The van der Waals surface area contributed by atoms with E-state index in [0.717, 1.165) is 11.1 Å². The van der Waals surface area contributed by atoms with Crippen LogP contribution in [-0.2, 0) is 21.2 Å². The van der Waals surface area contributed by atoms with E-state index in [4.69, 9.17) is 5.14 Å². The molecule has 0 bridgehead atoms.